The second kappa shape index (κ2) is 12.9. The zero-order valence-electron chi connectivity index (χ0n) is 32.6. The van der Waals surface area contributed by atoms with Gasteiger partial charge in [0.25, 0.3) is 0 Å². The number of amides is 1. The van der Waals surface area contributed by atoms with Crippen molar-refractivity contribution in [3.63, 3.8) is 0 Å². The molecule has 284 valence electrons. The fourth-order valence-electron chi connectivity index (χ4n) is 13.2. The Morgan fingerprint density at radius 2 is 1.63 bits per heavy atom. The number of Topliss-reactive ketones (excluding diaryl/α,β-unsaturated/α-hetero) is 1. The van der Waals surface area contributed by atoms with Crippen LogP contribution >= 0.6 is 0 Å². The van der Waals surface area contributed by atoms with E-state index in [-0.39, 0.29) is 75.2 Å². The zero-order chi connectivity index (χ0) is 37.6. The SMILES string of the molecule is COC(=O)c1ccc(C2=CC[C@@]3(C)C(CC[C@]4(C)C3CCC3C5=C(C(C)C)C(=O)CC5[C@@H](NC(=O)CN5CCS(=O)(=O)CC5)C[C@]34C)C2(C)C)cc1. The minimum Gasteiger partial charge on any atom is -0.465 e. The predicted octanol–water partition coefficient (Wildman–Crippen LogP) is 6.90. The number of carbonyl (C=O) groups excluding carboxylic acids is 3. The number of methoxy groups -OCH3 is 1. The van der Waals surface area contributed by atoms with Gasteiger partial charge in [0.2, 0.25) is 5.91 Å². The Bertz CT molecular complexity index is 1810. The van der Waals surface area contributed by atoms with Crippen molar-refractivity contribution >= 4 is 33.1 Å². The number of carbonyl (C=O) groups is 3. The molecule has 0 aromatic heterocycles. The summed E-state index contributed by atoms with van der Waals surface area (Å²) in [5, 5.41) is 3.47. The lowest BCUT2D eigenvalue weighted by molar-refractivity contribution is -0.195. The molecule has 1 aliphatic heterocycles. The number of nitrogens with zero attached hydrogens (tertiary/aromatic N) is 1. The number of benzene rings is 1. The van der Waals surface area contributed by atoms with Gasteiger partial charge in [-0.1, -0.05) is 72.2 Å². The van der Waals surface area contributed by atoms with E-state index in [1.165, 1.54) is 23.8 Å². The van der Waals surface area contributed by atoms with E-state index in [1.807, 2.05) is 17.0 Å². The van der Waals surface area contributed by atoms with Crippen LogP contribution in [0.15, 0.2) is 41.5 Å². The molecule has 1 aromatic rings. The third kappa shape index (κ3) is 5.77. The first kappa shape index (κ1) is 37.5. The molecule has 4 fully saturated rings. The maximum absolute atomic E-state index is 13.8. The van der Waals surface area contributed by atoms with Crippen molar-refractivity contribution in [2.75, 3.05) is 38.2 Å². The molecule has 1 heterocycles. The molecule has 0 radical (unpaired) electrons. The molecule has 6 aliphatic rings. The van der Waals surface area contributed by atoms with Gasteiger partial charge in [-0.2, -0.15) is 0 Å². The Labute approximate surface area is 311 Å². The van der Waals surface area contributed by atoms with Crippen LogP contribution in [-0.2, 0) is 24.2 Å². The van der Waals surface area contributed by atoms with E-state index in [1.54, 1.807) is 0 Å². The quantitative estimate of drug-likeness (QED) is 0.317. The second-order valence-corrected chi connectivity index (χ2v) is 21.1. The lowest BCUT2D eigenvalue weighted by atomic mass is 9.33. The number of ether oxygens (including phenoxy) is 1. The van der Waals surface area contributed by atoms with Gasteiger partial charge in [-0.05, 0) is 113 Å². The van der Waals surface area contributed by atoms with Crippen LogP contribution in [0.4, 0.5) is 0 Å². The van der Waals surface area contributed by atoms with Gasteiger partial charge in [-0.3, -0.25) is 14.5 Å². The minimum absolute atomic E-state index is 0.0145. The molecule has 5 aliphatic carbocycles. The summed E-state index contributed by atoms with van der Waals surface area (Å²) in [6, 6.07) is 7.78. The molecule has 8 nitrogen and oxygen atoms in total. The summed E-state index contributed by atoms with van der Waals surface area (Å²) in [7, 11) is -1.62. The first-order valence-electron chi connectivity index (χ1n) is 19.7. The summed E-state index contributed by atoms with van der Waals surface area (Å²) in [6.45, 7) is 17.7. The first-order valence-corrected chi connectivity index (χ1v) is 21.6. The van der Waals surface area contributed by atoms with Crippen molar-refractivity contribution in [3.05, 3.63) is 52.6 Å². The highest BCUT2D eigenvalue weighted by atomic mass is 32.2. The van der Waals surface area contributed by atoms with Crippen LogP contribution in [-0.4, -0.2) is 75.3 Å². The molecule has 52 heavy (non-hydrogen) atoms. The van der Waals surface area contributed by atoms with Crippen molar-refractivity contribution in [1.29, 1.82) is 0 Å². The van der Waals surface area contributed by atoms with Crippen LogP contribution in [0.5, 0.6) is 0 Å². The van der Waals surface area contributed by atoms with Gasteiger partial charge in [0.15, 0.2) is 15.6 Å². The molecule has 0 spiro atoms. The van der Waals surface area contributed by atoms with Gasteiger partial charge in [-0.25, -0.2) is 13.2 Å². The summed E-state index contributed by atoms with van der Waals surface area (Å²) in [5.74, 6) is 1.54. The number of hydrogen-bond donors (Lipinski definition) is 1. The van der Waals surface area contributed by atoms with Crippen LogP contribution in [0, 0.1) is 51.2 Å². The Kier molecular flexibility index (Phi) is 9.33. The van der Waals surface area contributed by atoms with Crippen molar-refractivity contribution in [2.45, 2.75) is 99.5 Å². The molecule has 9 heteroatoms. The summed E-state index contributed by atoms with van der Waals surface area (Å²) in [5.41, 5.74) is 5.40. The van der Waals surface area contributed by atoms with E-state index in [4.69, 9.17) is 4.74 Å². The average Bonchev–Trinajstić information content (AvgIpc) is 3.43. The van der Waals surface area contributed by atoms with Gasteiger partial charge in [0.1, 0.15) is 0 Å². The number of rotatable bonds is 6. The third-order valence-electron chi connectivity index (χ3n) is 15.7. The smallest absolute Gasteiger partial charge is 0.337 e. The predicted molar refractivity (Wildman–Crippen MR) is 204 cm³/mol. The van der Waals surface area contributed by atoms with Gasteiger partial charge in [-0.15, -0.1) is 0 Å². The molecule has 0 bridgehead atoms. The van der Waals surface area contributed by atoms with Crippen molar-refractivity contribution < 1.29 is 27.5 Å². The summed E-state index contributed by atoms with van der Waals surface area (Å²) < 4.78 is 29.0. The maximum atomic E-state index is 13.8. The molecule has 1 N–H and O–H groups in total. The lowest BCUT2D eigenvalue weighted by Gasteiger charge is -2.71. The minimum atomic E-state index is -3.03. The summed E-state index contributed by atoms with van der Waals surface area (Å²) >= 11 is 0. The van der Waals surface area contributed by atoms with E-state index in [9.17, 15) is 22.8 Å². The molecule has 3 saturated carbocycles. The van der Waals surface area contributed by atoms with Crippen molar-refractivity contribution in [3.8, 4) is 0 Å². The van der Waals surface area contributed by atoms with Gasteiger partial charge >= 0.3 is 5.97 Å². The van der Waals surface area contributed by atoms with Crippen LogP contribution in [0.25, 0.3) is 5.57 Å². The number of ketones is 1. The Morgan fingerprint density at radius 1 is 0.962 bits per heavy atom. The fourth-order valence-corrected chi connectivity index (χ4v) is 14.4. The van der Waals surface area contributed by atoms with Crippen LogP contribution in [0.3, 0.4) is 0 Å². The van der Waals surface area contributed by atoms with E-state index < -0.39 is 9.84 Å². The monoisotopic (exact) mass is 732 g/mol. The molecular weight excluding hydrogens is 673 g/mol. The van der Waals surface area contributed by atoms with Gasteiger partial charge in [0.05, 0.1) is 30.7 Å². The summed E-state index contributed by atoms with van der Waals surface area (Å²) in [6.07, 6.45) is 9.26. The fraction of sp³-hybridized carbons (Fsp3) is 0.698. The van der Waals surface area contributed by atoms with E-state index in [0.29, 0.717) is 42.8 Å². The molecule has 7 rings (SSSR count). The number of fused-ring (bicyclic) bond motifs is 7. The maximum Gasteiger partial charge on any atom is 0.337 e. The number of esters is 1. The van der Waals surface area contributed by atoms with E-state index >= 15 is 0 Å². The topological polar surface area (TPSA) is 110 Å². The number of allylic oxidation sites excluding steroid dienone is 3. The Morgan fingerprint density at radius 3 is 2.27 bits per heavy atom. The zero-order valence-corrected chi connectivity index (χ0v) is 33.5. The molecule has 4 unspecified atom stereocenters. The number of sulfone groups is 1. The van der Waals surface area contributed by atoms with Gasteiger partial charge < -0.3 is 10.1 Å². The second-order valence-electron chi connectivity index (χ2n) is 18.8. The molecule has 1 saturated heterocycles. The normalized spacial score (nSPS) is 38.1. The molecule has 1 aromatic carbocycles. The highest BCUT2D eigenvalue weighted by Gasteiger charge is 2.69. The average molecular weight is 733 g/mol. The van der Waals surface area contributed by atoms with Crippen LogP contribution in [0.1, 0.15) is 109 Å². The van der Waals surface area contributed by atoms with E-state index in [2.05, 4.69) is 72.0 Å². The first-order chi connectivity index (χ1) is 24.4. The van der Waals surface area contributed by atoms with Gasteiger partial charge in [0, 0.05) is 31.5 Å². The highest BCUT2D eigenvalue weighted by molar-refractivity contribution is 7.91. The third-order valence-corrected chi connectivity index (χ3v) is 17.3. The highest BCUT2D eigenvalue weighted by Crippen LogP contribution is 2.75. The molecule has 1 amide bonds. The van der Waals surface area contributed by atoms with Crippen molar-refractivity contribution in [1.82, 2.24) is 10.2 Å². The Hall–Kier alpha value is -2.78. The standard InChI is InChI=1S/C43H60N2O6S/c1-26(2)37-33(46)23-29-32(44-36(47)25-45-19-21-52(49,50)22-20-45)24-43(7)31(38(29)37)13-14-35-41(5)17-15-30(27-9-11-28(12-10-27)39(48)51-8)40(3,4)34(41)16-18-42(35,43)6/h9-12,15,26,29,31-32,34-35H,13-14,16-25H2,1-8H3,(H,44,47)/t29?,31?,32-,34?,35?,41-,42+,43+/m0/s1. The lowest BCUT2D eigenvalue weighted by Crippen LogP contribution is -2.66. The van der Waals surface area contributed by atoms with Crippen molar-refractivity contribution in [2.24, 2.45) is 51.2 Å². The largest absolute Gasteiger partial charge is 0.465 e. The molecular formula is C43H60N2O6S. The summed E-state index contributed by atoms with van der Waals surface area (Å²) in [4.78, 5) is 41.7. The number of hydrogen-bond acceptors (Lipinski definition) is 7. The van der Waals surface area contributed by atoms with Crippen LogP contribution in [0.2, 0.25) is 0 Å². The van der Waals surface area contributed by atoms with Crippen LogP contribution < -0.4 is 5.32 Å². The molecule has 8 atom stereocenters. The number of nitrogens with one attached hydrogen (secondary N) is 1. The van der Waals surface area contributed by atoms with E-state index in [0.717, 1.165) is 44.1 Å². The Balaban J connectivity index is 1.21.